The zero-order valence-corrected chi connectivity index (χ0v) is 16.0. The van der Waals surface area contributed by atoms with Gasteiger partial charge in [0.25, 0.3) is 5.69 Å². The molecule has 0 radical (unpaired) electrons. The minimum absolute atomic E-state index is 0.0301. The summed E-state index contributed by atoms with van der Waals surface area (Å²) in [6.45, 7) is 1.96. The van der Waals surface area contributed by atoms with E-state index in [0.29, 0.717) is 22.7 Å². The van der Waals surface area contributed by atoms with Crippen molar-refractivity contribution >= 4 is 45.0 Å². The Kier molecular flexibility index (Phi) is 4.28. The van der Waals surface area contributed by atoms with E-state index in [4.69, 9.17) is 9.47 Å². The standard InChI is InChI=1S/C17H13BrN2O5S/c1-9-4-10(2-3-12(9)18)19-16(21)7-26-17(19)11-5-14-15(25-8-24-14)6-13(11)20(22)23/h2-6,17H,7-8H2,1H3/t17-/m1/s1. The average Bonchev–Trinajstić information content (AvgIpc) is 3.22. The second-order valence-electron chi connectivity index (χ2n) is 5.88. The van der Waals surface area contributed by atoms with Crippen LogP contribution >= 0.6 is 27.7 Å². The molecule has 0 unspecified atom stereocenters. The predicted molar refractivity (Wildman–Crippen MR) is 101 cm³/mol. The number of nitro benzene ring substituents is 1. The number of halogens is 1. The normalized spacial score (nSPS) is 18.5. The van der Waals surface area contributed by atoms with Gasteiger partial charge in [0.05, 0.1) is 22.3 Å². The van der Waals surface area contributed by atoms with Gasteiger partial charge in [0.2, 0.25) is 12.7 Å². The fraction of sp³-hybridized carbons (Fsp3) is 0.235. The first-order valence-corrected chi connectivity index (χ1v) is 9.57. The Hall–Kier alpha value is -2.26. The zero-order valence-electron chi connectivity index (χ0n) is 13.6. The number of fused-ring (bicyclic) bond motifs is 1. The highest BCUT2D eigenvalue weighted by Gasteiger charge is 2.39. The fourth-order valence-corrected chi connectivity index (χ4v) is 4.46. The van der Waals surface area contributed by atoms with Crippen LogP contribution in [-0.4, -0.2) is 23.4 Å². The number of ether oxygens (including phenoxy) is 2. The minimum atomic E-state index is -0.502. The lowest BCUT2D eigenvalue weighted by molar-refractivity contribution is -0.385. The number of nitrogens with zero attached hydrogens (tertiary/aromatic N) is 2. The highest BCUT2D eigenvalue weighted by atomic mass is 79.9. The molecule has 1 amide bonds. The molecule has 0 bridgehead atoms. The molecule has 1 fully saturated rings. The second-order valence-corrected chi connectivity index (χ2v) is 7.80. The van der Waals surface area contributed by atoms with Crippen molar-refractivity contribution in [2.75, 3.05) is 17.4 Å². The first-order valence-electron chi connectivity index (χ1n) is 7.73. The van der Waals surface area contributed by atoms with Gasteiger partial charge in [-0.2, -0.15) is 0 Å². The number of aryl methyl sites for hydroxylation is 1. The first-order chi connectivity index (χ1) is 12.5. The summed E-state index contributed by atoms with van der Waals surface area (Å²) in [4.78, 5) is 25.3. The van der Waals surface area contributed by atoms with E-state index in [-0.39, 0.29) is 24.1 Å². The van der Waals surface area contributed by atoms with Gasteiger partial charge < -0.3 is 9.47 Å². The van der Waals surface area contributed by atoms with Crippen LogP contribution in [-0.2, 0) is 4.79 Å². The summed E-state index contributed by atoms with van der Waals surface area (Å²) >= 11 is 4.81. The monoisotopic (exact) mass is 436 g/mol. The molecule has 9 heteroatoms. The smallest absolute Gasteiger partial charge is 0.279 e. The molecule has 26 heavy (non-hydrogen) atoms. The molecule has 2 heterocycles. The number of carbonyl (C=O) groups excluding carboxylic acids is 1. The molecule has 7 nitrogen and oxygen atoms in total. The maximum atomic E-state index is 12.5. The van der Waals surface area contributed by atoms with Crippen molar-refractivity contribution in [3.63, 3.8) is 0 Å². The number of hydrogen-bond acceptors (Lipinski definition) is 6. The number of anilines is 1. The van der Waals surface area contributed by atoms with Crippen LogP contribution in [0.2, 0.25) is 0 Å². The summed E-state index contributed by atoms with van der Waals surface area (Å²) in [7, 11) is 0. The van der Waals surface area contributed by atoms with Gasteiger partial charge in [-0.25, -0.2) is 0 Å². The van der Waals surface area contributed by atoms with Crippen LogP contribution in [0, 0.1) is 17.0 Å². The summed E-state index contributed by atoms with van der Waals surface area (Å²) in [6, 6.07) is 8.56. The topological polar surface area (TPSA) is 81.9 Å². The minimum Gasteiger partial charge on any atom is -0.454 e. The van der Waals surface area contributed by atoms with E-state index in [2.05, 4.69) is 15.9 Å². The lowest BCUT2D eigenvalue weighted by atomic mass is 10.1. The molecule has 1 saturated heterocycles. The van der Waals surface area contributed by atoms with Gasteiger partial charge in [-0.1, -0.05) is 15.9 Å². The molecule has 2 aromatic rings. The Morgan fingerprint density at radius 1 is 1.27 bits per heavy atom. The van der Waals surface area contributed by atoms with Crippen molar-refractivity contribution in [1.29, 1.82) is 0 Å². The molecule has 0 aromatic heterocycles. The summed E-state index contributed by atoms with van der Waals surface area (Å²) in [6.07, 6.45) is 0. The lowest BCUT2D eigenvalue weighted by Gasteiger charge is -2.25. The molecule has 2 aliphatic rings. The van der Waals surface area contributed by atoms with E-state index in [1.165, 1.54) is 17.8 Å². The number of amides is 1. The van der Waals surface area contributed by atoms with Crippen LogP contribution in [0.1, 0.15) is 16.5 Å². The van der Waals surface area contributed by atoms with Crippen LogP contribution in [0.25, 0.3) is 0 Å². The Bertz CT molecular complexity index is 936. The summed E-state index contributed by atoms with van der Waals surface area (Å²) < 4.78 is 11.6. The largest absolute Gasteiger partial charge is 0.454 e. The van der Waals surface area contributed by atoms with Crippen molar-refractivity contribution in [3.8, 4) is 11.5 Å². The van der Waals surface area contributed by atoms with E-state index < -0.39 is 10.3 Å². The predicted octanol–water partition coefficient (Wildman–Crippen LogP) is 4.17. The lowest BCUT2D eigenvalue weighted by Crippen LogP contribution is -2.28. The highest BCUT2D eigenvalue weighted by molar-refractivity contribution is 9.10. The Morgan fingerprint density at radius 3 is 2.69 bits per heavy atom. The molecule has 2 aromatic carbocycles. The number of nitro groups is 1. The Labute approximate surface area is 161 Å². The van der Waals surface area contributed by atoms with E-state index in [1.54, 1.807) is 11.0 Å². The van der Waals surface area contributed by atoms with Gasteiger partial charge in [0.1, 0.15) is 5.37 Å². The van der Waals surface area contributed by atoms with E-state index in [0.717, 1.165) is 10.0 Å². The van der Waals surface area contributed by atoms with Crippen LogP contribution in [0.4, 0.5) is 11.4 Å². The van der Waals surface area contributed by atoms with Crippen LogP contribution in [0.5, 0.6) is 11.5 Å². The third-order valence-corrected chi connectivity index (χ3v) is 6.36. The van der Waals surface area contributed by atoms with Gasteiger partial charge in [-0.05, 0) is 36.8 Å². The van der Waals surface area contributed by atoms with Crippen molar-refractivity contribution < 1.29 is 19.2 Å². The third-order valence-electron chi connectivity index (χ3n) is 4.27. The number of carbonyl (C=O) groups is 1. The summed E-state index contributed by atoms with van der Waals surface area (Å²) in [5.74, 6) is 0.970. The van der Waals surface area contributed by atoms with Crippen LogP contribution in [0.15, 0.2) is 34.8 Å². The molecular formula is C17H13BrN2O5S. The number of hydrogen-bond donors (Lipinski definition) is 0. The summed E-state index contributed by atoms with van der Waals surface area (Å²) in [5.41, 5.74) is 2.03. The van der Waals surface area contributed by atoms with Crippen LogP contribution in [0.3, 0.4) is 0 Å². The number of thioether (sulfide) groups is 1. The van der Waals surface area contributed by atoms with Gasteiger partial charge >= 0.3 is 0 Å². The summed E-state index contributed by atoms with van der Waals surface area (Å²) in [5, 5.41) is 11.1. The Balaban J connectivity index is 1.82. The third kappa shape index (κ3) is 2.80. The molecule has 134 valence electrons. The maximum Gasteiger partial charge on any atom is 0.279 e. The molecule has 0 N–H and O–H groups in total. The van der Waals surface area contributed by atoms with Crippen molar-refractivity contribution in [1.82, 2.24) is 0 Å². The molecule has 4 rings (SSSR count). The highest BCUT2D eigenvalue weighted by Crippen LogP contribution is 2.48. The molecule has 1 atom stereocenters. The molecule has 0 spiro atoms. The van der Waals surface area contributed by atoms with Gasteiger partial charge in [0.15, 0.2) is 11.5 Å². The molecular weight excluding hydrogens is 424 g/mol. The number of rotatable bonds is 3. The Morgan fingerprint density at radius 2 is 2.00 bits per heavy atom. The van der Waals surface area contributed by atoms with Crippen molar-refractivity contribution in [3.05, 3.63) is 56.0 Å². The zero-order chi connectivity index (χ0) is 18.4. The quantitative estimate of drug-likeness (QED) is 0.530. The average molecular weight is 437 g/mol. The van der Waals surface area contributed by atoms with Crippen LogP contribution < -0.4 is 14.4 Å². The van der Waals surface area contributed by atoms with Crippen molar-refractivity contribution in [2.45, 2.75) is 12.3 Å². The maximum absolute atomic E-state index is 12.5. The first kappa shape index (κ1) is 17.2. The van der Waals surface area contributed by atoms with E-state index in [9.17, 15) is 14.9 Å². The van der Waals surface area contributed by atoms with E-state index in [1.807, 2.05) is 25.1 Å². The van der Waals surface area contributed by atoms with Gasteiger partial charge in [0, 0.05) is 10.2 Å². The van der Waals surface area contributed by atoms with Gasteiger partial charge in [-0.15, -0.1) is 11.8 Å². The molecule has 2 aliphatic heterocycles. The number of benzene rings is 2. The second kappa shape index (κ2) is 6.48. The fourth-order valence-electron chi connectivity index (χ4n) is 3.01. The molecule has 0 saturated carbocycles. The SMILES string of the molecule is Cc1cc(N2C(=O)CS[C@@H]2c2cc3c(cc2[N+](=O)[O-])OCO3)ccc1Br. The van der Waals surface area contributed by atoms with Gasteiger partial charge in [-0.3, -0.25) is 19.8 Å². The van der Waals surface area contributed by atoms with E-state index >= 15 is 0 Å². The molecule has 0 aliphatic carbocycles. The van der Waals surface area contributed by atoms with Crippen molar-refractivity contribution in [2.24, 2.45) is 0 Å².